The Morgan fingerprint density at radius 2 is 1.71 bits per heavy atom. The third-order valence-electron chi connectivity index (χ3n) is 7.26. The number of benzene rings is 4. The van der Waals surface area contributed by atoms with E-state index < -0.39 is 23.9 Å². The number of fused-ring (bicyclic) bond motifs is 1. The summed E-state index contributed by atoms with van der Waals surface area (Å²) in [6.07, 6.45) is 1.50. The van der Waals surface area contributed by atoms with Crippen LogP contribution in [0.15, 0.2) is 98.1 Å². The van der Waals surface area contributed by atoms with E-state index in [1.165, 1.54) is 18.7 Å². The van der Waals surface area contributed by atoms with Gasteiger partial charge < -0.3 is 29.6 Å². The number of rotatable bonds is 12. The van der Waals surface area contributed by atoms with E-state index in [9.17, 15) is 14.4 Å². The second kappa shape index (κ2) is 15.8. The summed E-state index contributed by atoms with van der Waals surface area (Å²) in [4.78, 5) is 37.3. The second-order valence-electron chi connectivity index (χ2n) is 10.6. The lowest BCUT2D eigenvalue weighted by molar-refractivity contribution is -0.139. The summed E-state index contributed by atoms with van der Waals surface area (Å²) in [7, 11) is 1.45. The Labute approximate surface area is 293 Å². The number of nitrogens with one attached hydrogen (secondary N) is 3. The zero-order valence-electron chi connectivity index (χ0n) is 26.3. The van der Waals surface area contributed by atoms with Crippen molar-refractivity contribution >= 4 is 66.8 Å². The average molecular weight is 780 g/mol. The first kappa shape index (κ1) is 34.5. The maximum atomic E-state index is 12.6. The largest absolute Gasteiger partial charge is 0.493 e. The molecule has 3 N–H and O–H groups in total. The Kier molecular flexibility index (Phi) is 11.3. The Morgan fingerprint density at radius 1 is 0.958 bits per heavy atom. The van der Waals surface area contributed by atoms with Crippen LogP contribution in [-0.2, 0) is 20.9 Å². The Morgan fingerprint density at radius 3 is 2.44 bits per heavy atom. The van der Waals surface area contributed by atoms with Crippen molar-refractivity contribution in [3.05, 3.63) is 110 Å². The molecule has 0 fully saturated rings. The predicted octanol–water partition coefficient (Wildman–Crippen LogP) is 6.67. The summed E-state index contributed by atoms with van der Waals surface area (Å²) in [6, 6.07) is 21.7. The molecule has 1 aliphatic rings. The molecule has 0 radical (unpaired) electrons. The highest BCUT2D eigenvalue weighted by molar-refractivity contribution is 9.11. The number of urea groups is 1. The van der Waals surface area contributed by atoms with Crippen LogP contribution in [0, 0.1) is 0 Å². The lowest BCUT2D eigenvalue weighted by Gasteiger charge is -2.28. The minimum Gasteiger partial charge on any atom is -0.493 e. The third kappa shape index (κ3) is 8.33. The van der Waals surface area contributed by atoms with Crippen LogP contribution in [0.2, 0.25) is 0 Å². The fraction of sp³-hybridized carbons (Fsp3) is 0.200. The quantitative estimate of drug-likeness (QED) is 0.0830. The van der Waals surface area contributed by atoms with Gasteiger partial charge in [-0.15, -0.1) is 0 Å². The van der Waals surface area contributed by atoms with Gasteiger partial charge in [-0.05, 0) is 104 Å². The van der Waals surface area contributed by atoms with E-state index in [2.05, 4.69) is 77.3 Å². The van der Waals surface area contributed by atoms with Gasteiger partial charge in [-0.25, -0.2) is 15.0 Å². The topological polar surface area (TPSA) is 137 Å². The fourth-order valence-corrected chi connectivity index (χ4v) is 6.49. The zero-order chi connectivity index (χ0) is 34.2. The van der Waals surface area contributed by atoms with Crippen molar-refractivity contribution in [2.75, 3.05) is 20.3 Å². The van der Waals surface area contributed by atoms with Gasteiger partial charge in [0, 0.05) is 5.70 Å². The number of ether oxygens (including phenoxy) is 4. The highest BCUT2D eigenvalue weighted by atomic mass is 79.9. The Hall–Kier alpha value is -4.88. The van der Waals surface area contributed by atoms with Crippen molar-refractivity contribution in [3.63, 3.8) is 0 Å². The van der Waals surface area contributed by atoms with E-state index in [1.54, 1.807) is 32.0 Å². The second-order valence-corrected chi connectivity index (χ2v) is 12.3. The number of nitrogens with zero attached hydrogens (tertiary/aromatic N) is 1. The van der Waals surface area contributed by atoms with Crippen molar-refractivity contribution in [2.24, 2.45) is 5.10 Å². The number of hydrazone groups is 1. The molecule has 0 bridgehead atoms. The van der Waals surface area contributed by atoms with E-state index in [0.717, 1.165) is 10.9 Å². The van der Waals surface area contributed by atoms with Gasteiger partial charge in [0.1, 0.15) is 12.4 Å². The number of carbonyl (C=O) groups is 3. The molecule has 4 aromatic carbocycles. The molecule has 248 valence electrons. The molecule has 48 heavy (non-hydrogen) atoms. The van der Waals surface area contributed by atoms with Crippen molar-refractivity contribution in [1.82, 2.24) is 16.1 Å². The molecule has 3 amide bonds. The Balaban J connectivity index is 1.17. The number of amides is 3. The van der Waals surface area contributed by atoms with Crippen LogP contribution in [0.1, 0.15) is 36.6 Å². The van der Waals surface area contributed by atoms with Gasteiger partial charge in [0.2, 0.25) is 0 Å². The van der Waals surface area contributed by atoms with Gasteiger partial charge in [0.25, 0.3) is 5.91 Å². The summed E-state index contributed by atoms with van der Waals surface area (Å²) < 4.78 is 23.9. The lowest BCUT2D eigenvalue weighted by atomic mass is 9.95. The molecule has 0 spiro atoms. The van der Waals surface area contributed by atoms with Crippen molar-refractivity contribution in [1.29, 1.82) is 0 Å². The normalized spacial score (nSPS) is 14.4. The number of hydrogen-bond acceptors (Lipinski definition) is 8. The van der Waals surface area contributed by atoms with E-state index >= 15 is 0 Å². The number of carbonyl (C=O) groups excluding carboxylic acids is 3. The number of halogens is 2. The molecule has 0 aromatic heterocycles. The molecule has 1 atom stereocenters. The van der Waals surface area contributed by atoms with E-state index in [4.69, 9.17) is 18.9 Å². The molecule has 5 rings (SSSR count). The molecule has 0 aliphatic carbocycles. The van der Waals surface area contributed by atoms with Crippen LogP contribution in [0.5, 0.6) is 17.2 Å². The molecule has 11 nitrogen and oxygen atoms in total. The lowest BCUT2D eigenvalue weighted by Crippen LogP contribution is -2.45. The molecular formula is C35H32Br2N4O7. The van der Waals surface area contributed by atoms with Crippen LogP contribution >= 0.6 is 31.9 Å². The van der Waals surface area contributed by atoms with Crippen molar-refractivity contribution in [2.45, 2.75) is 26.5 Å². The minimum atomic E-state index is -0.774. The van der Waals surface area contributed by atoms with Crippen molar-refractivity contribution < 1.29 is 33.3 Å². The third-order valence-corrected chi connectivity index (χ3v) is 8.44. The van der Waals surface area contributed by atoms with Crippen LogP contribution in [0.4, 0.5) is 4.79 Å². The number of hydrogen-bond donors (Lipinski definition) is 3. The van der Waals surface area contributed by atoms with E-state index in [-0.39, 0.29) is 24.5 Å². The van der Waals surface area contributed by atoms with Crippen LogP contribution in [0.3, 0.4) is 0 Å². The summed E-state index contributed by atoms with van der Waals surface area (Å²) in [5.41, 5.74) is 5.42. The monoisotopic (exact) mass is 778 g/mol. The number of esters is 1. The highest BCUT2D eigenvalue weighted by Crippen LogP contribution is 2.36. The predicted molar refractivity (Wildman–Crippen MR) is 188 cm³/mol. The fourth-order valence-electron chi connectivity index (χ4n) is 5.04. The first-order valence-corrected chi connectivity index (χ1v) is 16.4. The standard InChI is InChI=1S/C35H32Br2N4O7/c1-4-46-34(43)31-20(2)39-35(44)40-32(31)25-11-12-28(29(16-25)45-3)47-19-30(42)41-38-17-22-14-26(36)33(27(37)15-22)48-18-21-9-10-23-7-5-6-8-24(23)13-21/h5-17,32H,4,18-19H2,1-3H3,(H,41,42)(H2,39,40,44)/b38-17-/t32-/m0/s1. The summed E-state index contributed by atoms with van der Waals surface area (Å²) in [5, 5.41) is 11.7. The summed E-state index contributed by atoms with van der Waals surface area (Å²) in [5.74, 6) is 0.175. The maximum absolute atomic E-state index is 12.6. The van der Waals surface area contributed by atoms with Gasteiger partial charge in [0.05, 0.1) is 40.5 Å². The molecule has 0 saturated carbocycles. The molecule has 0 unspecified atom stereocenters. The first-order valence-electron chi connectivity index (χ1n) is 14.8. The van der Waals surface area contributed by atoms with Gasteiger partial charge in [-0.1, -0.05) is 42.5 Å². The van der Waals surface area contributed by atoms with E-state index in [1.807, 2.05) is 30.3 Å². The molecular weight excluding hydrogens is 748 g/mol. The number of allylic oxidation sites excluding steroid dienone is 1. The van der Waals surface area contributed by atoms with Crippen LogP contribution in [0.25, 0.3) is 10.8 Å². The first-order chi connectivity index (χ1) is 23.2. The van der Waals surface area contributed by atoms with E-state index in [0.29, 0.717) is 43.9 Å². The molecule has 13 heteroatoms. The summed E-state index contributed by atoms with van der Waals surface area (Å²) in [6.45, 7) is 3.55. The maximum Gasteiger partial charge on any atom is 0.338 e. The molecule has 1 heterocycles. The van der Waals surface area contributed by atoms with Gasteiger partial charge in [-0.2, -0.15) is 5.10 Å². The minimum absolute atomic E-state index is 0.183. The van der Waals surface area contributed by atoms with Crippen LogP contribution < -0.4 is 30.3 Å². The average Bonchev–Trinajstić information content (AvgIpc) is 3.06. The SMILES string of the molecule is CCOC(=O)C1=C(C)NC(=O)N[C@H]1c1ccc(OCC(=O)N/N=C\c2cc(Br)c(OCc3ccc4ccccc4c3)c(Br)c2)c(OC)c1. The summed E-state index contributed by atoms with van der Waals surface area (Å²) >= 11 is 7.13. The van der Waals surface area contributed by atoms with Gasteiger partial charge >= 0.3 is 12.0 Å². The number of methoxy groups -OCH3 is 1. The van der Waals surface area contributed by atoms with Crippen molar-refractivity contribution in [3.8, 4) is 17.2 Å². The smallest absolute Gasteiger partial charge is 0.338 e. The molecule has 0 saturated heterocycles. The van der Waals surface area contributed by atoms with Crippen LogP contribution in [-0.4, -0.2) is 44.4 Å². The highest BCUT2D eigenvalue weighted by Gasteiger charge is 2.32. The molecule has 4 aromatic rings. The van der Waals surface area contributed by atoms with Gasteiger partial charge in [0.15, 0.2) is 18.1 Å². The molecule has 1 aliphatic heterocycles. The zero-order valence-corrected chi connectivity index (χ0v) is 29.4. The van der Waals surface area contributed by atoms with Gasteiger partial charge in [-0.3, -0.25) is 4.79 Å². The Bertz CT molecular complexity index is 1910.